The predicted octanol–water partition coefficient (Wildman–Crippen LogP) is 4.14. The number of rotatable bonds is 6. The SMILES string of the molecule is C/C=C/C=C/C(=O)NC(C)c1cc2cccc(OCC)c2o1. The first-order valence-corrected chi connectivity index (χ1v) is 7.40. The van der Waals surface area contributed by atoms with Crippen molar-refractivity contribution in [3.63, 3.8) is 0 Å². The Bertz CT molecular complexity index is 697. The molecule has 1 unspecified atom stereocenters. The normalized spacial score (nSPS) is 13.0. The van der Waals surface area contributed by atoms with Crippen LogP contribution < -0.4 is 10.1 Å². The van der Waals surface area contributed by atoms with Crippen LogP contribution in [0, 0.1) is 0 Å². The van der Waals surface area contributed by atoms with Crippen LogP contribution >= 0.6 is 0 Å². The lowest BCUT2D eigenvalue weighted by molar-refractivity contribution is -0.117. The molecule has 116 valence electrons. The summed E-state index contributed by atoms with van der Waals surface area (Å²) in [5.41, 5.74) is 0.713. The molecule has 1 aromatic heterocycles. The summed E-state index contributed by atoms with van der Waals surface area (Å²) in [6.07, 6.45) is 6.86. The zero-order valence-electron chi connectivity index (χ0n) is 13.1. The van der Waals surface area contributed by atoms with E-state index in [0.29, 0.717) is 18.0 Å². The van der Waals surface area contributed by atoms with E-state index in [0.717, 1.165) is 11.1 Å². The van der Waals surface area contributed by atoms with Gasteiger partial charge in [-0.05, 0) is 32.9 Å². The molecule has 0 spiro atoms. The fourth-order valence-electron chi connectivity index (χ4n) is 2.13. The lowest BCUT2D eigenvalue weighted by Gasteiger charge is -2.09. The molecule has 22 heavy (non-hydrogen) atoms. The van der Waals surface area contributed by atoms with Crippen molar-refractivity contribution in [2.24, 2.45) is 0 Å². The maximum absolute atomic E-state index is 11.8. The van der Waals surface area contributed by atoms with Gasteiger partial charge in [0, 0.05) is 11.5 Å². The van der Waals surface area contributed by atoms with Gasteiger partial charge in [-0.2, -0.15) is 0 Å². The van der Waals surface area contributed by atoms with Gasteiger partial charge in [0.2, 0.25) is 5.91 Å². The fraction of sp³-hybridized carbons (Fsp3) is 0.278. The highest BCUT2D eigenvalue weighted by Crippen LogP contribution is 2.31. The lowest BCUT2D eigenvalue weighted by Crippen LogP contribution is -2.24. The molecule has 0 bridgehead atoms. The summed E-state index contributed by atoms with van der Waals surface area (Å²) in [6.45, 7) is 6.30. The van der Waals surface area contributed by atoms with E-state index in [1.54, 1.807) is 12.2 Å². The Morgan fingerprint density at radius 3 is 2.95 bits per heavy atom. The molecule has 1 atom stereocenters. The molecule has 0 radical (unpaired) electrons. The molecule has 0 saturated carbocycles. The van der Waals surface area contributed by atoms with E-state index in [1.165, 1.54) is 6.08 Å². The summed E-state index contributed by atoms with van der Waals surface area (Å²) in [7, 11) is 0. The number of amides is 1. The van der Waals surface area contributed by atoms with Crippen molar-refractivity contribution in [1.29, 1.82) is 0 Å². The first-order chi connectivity index (χ1) is 10.7. The molecule has 2 rings (SSSR count). The quantitative estimate of drug-likeness (QED) is 0.644. The highest BCUT2D eigenvalue weighted by atomic mass is 16.5. The van der Waals surface area contributed by atoms with Gasteiger partial charge in [-0.25, -0.2) is 0 Å². The van der Waals surface area contributed by atoms with Gasteiger partial charge in [-0.1, -0.05) is 30.4 Å². The van der Waals surface area contributed by atoms with Gasteiger partial charge in [-0.3, -0.25) is 4.79 Å². The molecular formula is C18H21NO3. The average molecular weight is 299 g/mol. The zero-order valence-corrected chi connectivity index (χ0v) is 13.1. The number of para-hydroxylation sites is 1. The van der Waals surface area contributed by atoms with E-state index in [9.17, 15) is 4.79 Å². The minimum absolute atomic E-state index is 0.156. The Kier molecular flexibility index (Phi) is 5.42. The molecule has 0 aliphatic rings. The van der Waals surface area contributed by atoms with Crippen LogP contribution in [0.5, 0.6) is 5.75 Å². The molecule has 4 heteroatoms. The van der Waals surface area contributed by atoms with E-state index in [-0.39, 0.29) is 11.9 Å². The van der Waals surface area contributed by atoms with Crippen LogP contribution in [-0.4, -0.2) is 12.5 Å². The number of allylic oxidation sites excluding steroid dienone is 3. The largest absolute Gasteiger partial charge is 0.490 e. The van der Waals surface area contributed by atoms with Crippen molar-refractivity contribution >= 4 is 16.9 Å². The van der Waals surface area contributed by atoms with Crippen LogP contribution in [0.4, 0.5) is 0 Å². The number of hydrogen-bond acceptors (Lipinski definition) is 3. The van der Waals surface area contributed by atoms with E-state index in [1.807, 2.05) is 51.1 Å². The highest BCUT2D eigenvalue weighted by Gasteiger charge is 2.15. The molecule has 2 aromatic rings. The minimum atomic E-state index is -0.218. The third kappa shape index (κ3) is 3.79. The molecule has 1 amide bonds. The molecule has 1 N–H and O–H groups in total. The molecule has 1 heterocycles. The topological polar surface area (TPSA) is 51.5 Å². The molecule has 0 aliphatic heterocycles. The second kappa shape index (κ2) is 7.50. The van der Waals surface area contributed by atoms with Gasteiger partial charge in [0.15, 0.2) is 11.3 Å². The minimum Gasteiger partial charge on any atom is -0.490 e. The van der Waals surface area contributed by atoms with Gasteiger partial charge in [-0.15, -0.1) is 0 Å². The Morgan fingerprint density at radius 2 is 2.23 bits per heavy atom. The number of hydrogen-bond donors (Lipinski definition) is 1. The first-order valence-electron chi connectivity index (χ1n) is 7.40. The monoisotopic (exact) mass is 299 g/mol. The van der Waals surface area contributed by atoms with Gasteiger partial charge in [0.05, 0.1) is 12.6 Å². The number of carbonyl (C=O) groups excluding carboxylic acids is 1. The second-order valence-corrected chi connectivity index (χ2v) is 4.87. The van der Waals surface area contributed by atoms with Crippen molar-refractivity contribution in [2.75, 3.05) is 6.61 Å². The standard InChI is InChI=1S/C18H21NO3/c1-4-6-7-11-17(20)19-13(3)16-12-14-9-8-10-15(21-5-2)18(14)22-16/h4,6-13H,5H2,1-3H3,(H,19,20)/b6-4+,11-7+. The van der Waals surface area contributed by atoms with Crippen LogP contribution in [-0.2, 0) is 4.79 Å². The molecular weight excluding hydrogens is 278 g/mol. The Labute approximate surface area is 130 Å². The summed E-state index contributed by atoms with van der Waals surface area (Å²) < 4.78 is 11.4. The number of furan rings is 1. The third-order valence-corrected chi connectivity index (χ3v) is 3.16. The van der Waals surface area contributed by atoms with E-state index in [2.05, 4.69) is 5.32 Å². The van der Waals surface area contributed by atoms with Gasteiger partial charge >= 0.3 is 0 Å². The van der Waals surface area contributed by atoms with Crippen molar-refractivity contribution < 1.29 is 13.9 Å². The van der Waals surface area contributed by atoms with Gasteiger partial charge in [0.25, 0.3) is 0 Å². The maximum atomic E-state index is 11.8. The lowest BCUT2D eigenvalue weighted by atomic mass is 10.2. The van der Waals surface area contributed by atoms with Crippen LogP contribution in [0.25, 0.3) is 11.0 Å². The van der Waals surface area contributed by atoms with Crippen LogP contribution in [0.2, 0.25) is 0 Å². The Hall–Kier alpha value is -2.49. The molecule has 0 aliphatic carbocycles. The number of fused-ring (bicyclic) bond motifs is 1. The zero-order chi connectivity index (χ0) is 15.9. The van der Waals surface area contributed by atoms with Crippen molar-refractivity contribution in [3.05, 3.63) is 54.3 Å². The highest BCUT2D eigenvalue weighted by molar-refractivity contribution is 5.88. The Morgan fingerprint density at radius 1 is 1.41 bits per heavy atom. The summed E-state index contributed by atoms with van der Waals surface area (Å²) in [4.78, 5) is 11.8. The number of ether oxygens (including phenoxy) is 1. The maximum Gasteiger partial charge on any atom is 0.244 e. The number of carbonyl (C=O) groups is 1. The van der Waals surface area contributed by atoms with Crippen LogP contribution in [0.1, 0.15) is 32.6 Å². The Balaban J connectivity index is 2.16. The number of nitrogens with one attached hydrogen (secondary N) is 1. The summed E-state index contributed by atoms with van der Waals surface area (Å²) in [5.74, 6) is 1.27. The molecule has 0 saturated heterocycles. The van der Waals surface area contributed by atoms with E-state index < -0.39 is 0 Å². The smallest absolute Gasteiger partial charge is 0.244 e. The molecule has 0 fully saturated rings. The van der Waals surface area contributed by atoms with Crippen molar-refractivity contribution in [2.45, 2.75) is 26.8 Å². The summed E-state index contributed by atoms with van der Waals surface area (Å²) in [6, 6.07) is 7.48. The fourth-order valence-corrected chi connectivity index (χ4v) is 2.13. The van der Waals surface area contributed by atoms with Crippen LogP contribution in [0.3, 0.4) is 0 Å². The number of benzene rings is 1. The summed E-state index contributed by atoms with van der Waals surface area (Å²) in [5, 5.41) is 3.84. The van der Waals surface area contributed by atoms with Crippen molar-refractivity contribution in [1.82, 2.24) is 5.32 Å². The van der Waals surface area contributed by atoms with Gasteiger partial charge in [0.1, 0.15) is 5.76 Å². The first kappa shape index (κ1) is 15.9. The predicted molar refractivity (Wildman–Crippen MR) is 87.9 cm³/mol. The second-order valence-electron chi connectivity index (χ2n) is 4.87. The van der Waals surface area contributed by atoms with Crippen molar-refractivity contribution in [3.8, 4) is 5.75 Å². The van der Waals surface area contributed by atoms with Crippen LogP contribution in [0.15, 0.2) is 53.0 Å². The summed E-state index contributed by atoms with van der Waals surface area (Å²) >= 11 is 0. The van der Waals surface area contributed by atoms with E-state index in [4.69, 9.17) is 9.15 Å². The third-order valence-electron chi connectivity index (χ3n) is 3.16. The average Bonchev–Trinajstić information content (AvgIpc) is 2.93. The molecule has 1 aromatic carbocycles. The van der Waals surface area contributed by atoms with Gasteiger partial charge < -0.3 is 14.5 Å². The van der Waals surface area contributed by atoms with E-state index >= 15 is 0 Å². The molecule has 4 nitrogen and oxygen atoms in total.